The average Bonchev–Trinajstić information content (AvgIpc) is 3.55. The Morgan fingerprint density at radius 2 is 1.37 bits per heavy atom. The van der Waals surface area contributed by atoms with Gasteiger partial charge in [-0.25, -0.2) is 9.59 Å². The smallest absolute Gasteiger partial charge is 0.475 e. The van der Waals surface area contributed by atoms with Gasteiger partial charge in [0.15, 0.2) is 0 Å². The number of fused-ring (bicyclic) bond motifs is 3. The van der Waals surface area contributed by atoms with Crippen molar-refractivity contribution in [1.29, 1.82) is 0 Å². The summed E-state index contributed by atoms with van der Waals surface area (Å²) in [5.74, 6) is -5.38. The van der Waals surface area contributed by atoms with Crippen molar-refractivity contribution < 1.29 is 50.9 Å². The molecule has 2 aliphatic heterocycles. The number of benzene rings is 1. The summed E-state index contributed by atoms with van der Waals surface area (Å²) in [6, 6.07) is 20.7. The second kappa shape index (κ2) is 12.8. The molecule has 0 aliphatic carbocycles. The van der Waals surface area contributed by atoms with Crippen molar-refractivity contribution in [2.45, 2.75) is 37.5 Å². The Bertz CT molecular complexity index is 1310. The first-order valence-electron chi connectivity index (χ1n) is 11.9. The van der Waals surface area contributed by atoms with Crippen LogP contribution >= 0.6 is 0 Å². The Balaban J connectivity index is 0.000000276. The second-order valence-corrected chi connectivity index (χ2v) is 8.98. The van der Waals surface area contributed by atoms with Crippen molar-refractivity contribution in [3.63, 3.8) is 0 Å². The highest BCUT2D eigenvalue weighted by molar-refractivity contribution is 5.94. The van der Waals surface area contributed by atoms with Crippen molar-refractivity contribution in [1.82, 2.24) is 19.4 Å². The van der Waals surface area contributed by atoms with Gasteiger partial charge in [0.05, 0.1) is 17.8 Å². The third-order valence-corrected chi connectivity index (χ3v) is 6.14. The lowest BCUT2D eigenvalue weighted by Gasteiger charge is -2.38. The molecule has 2 unspecified atom stereocenters. The number of hydrogen-bond donors (Lipinski definition) is 2. The van der Waals surface area contributed by atoms with Crippen LogP contribution in [0.5, 0.6) is 0 Å². The molecule has 0 saturated carbocycles. The molecule has 1 amide bonds. The molecule has 2 N–H and O–H groups in total. The van der Waals surface area contributed by atoms with Crippen LogP contribution in [0.3, 0.4) is 0 Å². The van der Waals surface area contributed by atoms with Crippen LogP contribution in [-0.2, 0) is 22.7 Å². The number of carboxylic acid groups (broad SMARTS) is 2. The Labute approximate surface area is 229 Å². The van der Waals surface area contributed by atoms with Gasteiger partial charge in [0.1, 0.15) is 5.69 Å². The minimum atomic E-state index is -5.08. The van der Waals surface area contributed by atoms with Gasteiger partial charge in [-0.3, -0.25) is 14.7 Å². The topological polar surface area (TPSA) is 116 Å². The maximum Gasteiger partial charge on any atom is 0.490 e. The van der Waals surface area contributed by atoms with Crippen molar-refractivity contribution >= 4 is 17.8 Å². The lowest BCUT2D eigenvalue weighted by atomic mass is 10.0. The highest BCUT2D eigenvalue weighted by Gasteiger charge is 2.45. The van der Waals surface area contributed by atoms with E-state index in [1.54, 1.807) is 0 Å². The Morgan fingerprint density at radius 1 is 0.805 bits per heavy atom. The first-order valence-corrected chi connectivity index (χ1v) is 11.9. The number of carbonyl (C=O) groups is 3. The number of alkyl halides is 6. The number of rotatable bonds is 4. The van der Waals surface area contributed by atoms with Gasteiger partial charge in [0.2, 0.25) is 0 Å². The molecule has 220 valence electrons. The van der Waals surface area contributed by atoms with Crippen LogP contribution in [0.1, 0.15) is 27.8 Å². The SMILES string of the molecule is O=C(O)C(F)(F)F.O=C(O)C(F)(F)F.O=C1c2cccn2C2CN(Cc3ccccn3)CC2N1Cc1ccccc1. The molecule has 1 aromatic carbocycles. The molecular formula is C26H24F6N4O5. The van der Waals surface area contributed by atoms with Crippen LogP contribution in [0.2, 0.25) is 0 Å². The highest BCUT2D eigenvalue weighted by atomic mass is 19.4. The van der Waals surface area contributed by atoms with E-state index in [1.807, 2.05) is 48.7 Å². The number of aromatic nitrogens is 2. The summed E-state index contributed by atoms with van der Waals surface area (Å²) in [7, 11) is 0. The fraction of sp³-hybridized carbons (Fsp3) is 0.308. The molecule has 5 rings (SSSR count). The van der Waals surface area contributed by atoms with Gasteiger partial charge >= 0.3 is 24.3 Å². The lowest BCUT2D eigenvalue weighted by Crippen LogP contribution is -2.49. The molecule has 3 aromatic rings. The zero-order valence-electron chi connectivity index (χ0n) is 21.1. The number of halogens is 6. The average molecular weight is 586 g/mol. The molecule has 1 fully saturated rings. The molecular weight excluding hydrogens is 562 g/mol. The predicted molar refractivity (Wildman–Crippen MR) is 130 cm³/mol. The fourth-order valence-corrected chi connectivity index (χ4v) is 4.41. The van der Waals surface area contributed by atoms with E-state index in [9.17, 15) is 31.1 Å². The molecule has 41 heavy (non-hydrogen) atoms. The predicted octanol–water partition coefficient (Wildman–Crippen LogP) is 4.23. The van der Waals surface area contributed by atoms with E-state index >= 15 is 0 Å². The number of aliphatic carboxylic acids is 2. The third kappa shape index (κ3) is 8.30. The Hall–Kier alpha value is -4.40. The van der Waals surface area contributed by atoms with Gasteiger partial charge in [-0.2, -0.15) is 26.3 Å². The van der Waals surface area contributed by atoms with E-state index in [-0.39, 0.29) is 11.9 Å². The monoisotopic (exact) mass is 586 g/mol. The van der Waals surface area contributed by atoms with E-state index in [4.69, 9.17) is 19.8 Å². The molecule has 0 radical (unpaired) electrons. The van der Waals surface area contributed by atoms with Crippen LogP contribution in [-0.4, -0.2) is 78.9 Å². The normalized spacial score (nSPS) is 18.3. The Morgan fingerprint density at radius 3 is 1.90 bits per heavy atom. The quantitative estimate of drug-likeness (QED) is 0.440. The minimum Gasteiger partial charge on any atom is -0.475 e. The first kappa shape index (κ1) is 31.1. The maximum absolute atomic E-state index is 13.2. The zero-order valence-corrected chi connectivity index (χ0v) is 21.1. The summed E-state index contributed by atoms with van der Waals surface area (Å²) in [4.78, 5) is 39.9. The second-order valence-electron chi connectivity index (χ2n) is 8.98. The van der Waals surface area contributed by atoms with Crippen LogP contribution in [0.15, 0.2) is 73.1 Å². The summed E-state index contributed by atoms with van der Waals surface area (Å²) < 4.78 is 65.6. The van der Waals surface area contributed by atoms with Gasteiger partial charge in [-0.05, 0) is 29.8 Å². The van der Waals surface area contributed by atoms with E-state index in [2.05, 4.69) is 43.7 Å². The molecule has 15 heteroatoms. The molecule has 0 spiro atoms. The molecule has 4 heterocycles. The van der Waals surface area contributed by atoms with E-state index in [1.165, 1.54) is 5.56 Å². The van der Waals surface area contributed by atoms with Crippen LogP contribution in [0, 0.1) is 0 Å². The maximum atomic E-state index is 13.2. The third-order valence-electron chi connectivity index (χ3n) is 6.14. The van der Waals surface area contributed by atoms with Crippen LogP contribution in [0.25, 0.3) is 0 Å². The van der Waals surface area contributed by atoms with Crippen LogP contribution in [0.4, 0.5) is 26.3 Å². The molecule has 2 aromatic heterocycles. The van der Waals surface area contributed by atoms with E-state index in [0.717, 1.165) is 31.0 Å². The number of nitrogens with zero attached hydrogens (tertiary/aromatic N) is 4. The number of pyridine rings is 1. The van der Waals surface area contributed by atoms with E-state index in [0.29, 0.717) is 12.6 Å². The van der Waals surface area contributed by atoms with E-state index < -0.39 is 24.3 Å². The summed E-state index contributed by atoms with van der Waals surface area (Å²) in [6.45, 7) is 3.28. The largest absolute Gasteiger partial charge is 0.490 e. The Kier molecular flexibility index (Phi) is 9.75. The zero-order chi connectivity index (χ0) is 30.4. The molecule has 2 aliphatic rings. The number of carbonyl (C=O) groups excluding carboxylic acids is 1. The minimum absolute atomic E-state index is 0.129. The van der Waals surface area contributed by atoms with Crippen molar-refractivity contribution in [2.75, 3.05) is 13.1 Å². The molecule has 1 saturated heterocycles. The standard InChI is InChI=1S/C22H22N4O.2C2HF3O2/c27-22-19-10-6-12-25(19)20-15-24(14-18-9-4-5-11-23-18)16-21(20)26(22)13-17-7-2-1-3-8-17;2*3-2(4,5)1(6)7/h1-12,20-21H,13-16H2;2*(H,6,7). The van der Waals surface area contributed by atoms with Gasteiger partial charge in [-0.1, -0.05) is 36.4 Å². The van der Waals surface area contributed by atoms with Crippen molar-refractivity contribution in [3.8, 4) is 0 Å². The lowest BCUT2D eigenvalue weighted by molar-refractivity contribution is -0.193. The molecule has 2 atom stereocenters. The summed E-state index contributed by atoms with van der Waals surface area (Å²) in [6.07, 6.45) is -6.28. The van der Waals surface area contributed by atoms with Gasteiger partial charge < -0.3 is 19.7 Å². The van der Waals surface area contributed by atoms with Gasteiger partial charge in [0.25, 0.3) is 5.91 Å². The van der Waals surface area contributed by atoms with Crippen molar-refractivity contribution in [3.05, 3.63) is 90.0 Å². The first-order chi connectivity index (χ1) is 19.2. The molecule has 0 bridgehead atoms. The van der Waals surface area contributed by atoms with Gasteiger partial charge in [0, 0.05) is 38.6 Å². The number of hydrogen-bond acceptors (Lipinski definition) is 5. The highest BCUT2D eigenvalue weighted by Crippen LogP contribution is 2.35. The number of carboxylic acids is 2. The number of likely N-dealkylation sites (tertiary alicyclic amines) is 1. The number of amides is 1. The fourth-order valence-electron chi connectivity index (χ4n) is 4.41. The van der Waals surface area contributed by atoms with Crippen LogP contribution < -0.4 is 0 Å². The van der Waals surface area contributed by atoms with Gasteiger partial charge in [-0.15, -0.1) is 0 Å². The summed E-state index contributed by atoms with van der Waals surface area (Å²) >= 11 is 0. The summed E-state index contributed by atoms with van der Waals surface area (Å²) in [5.41, 5.74) is 3.05. The molecule has 9 nitrogen and oxygen atoms in total. The van der Waals surface area contributed by atoms with Crippen molar-refractivity contribution in [2.24, 2.45) is 0 Å². The summed E-state index contributed by atoms with van der Waals surface area (Å²) in [5, 5.41) is 14.2.